The van der Waals surface area contributed by atoms with Crippen LogP contribution >= 0.6 is 11.8 Å². The van der Waals surface area contributed by atoms with E-state index in [1.165, 1.54) is 0 Å². The number of hydrogen-bond donors (Lipinski definition) is 1. The van der Waals surface area contributed by atoms with Crippen molar-refractivity contribution < 1.29 is 9.59 Å². The smallest absolute Gasteiger partial charge is 0.238 e. The number of carbonyl (C=O) groups is 2. The van der Waals surface area contributed by atoms with Crippen molar-refractivity contribution in [2.45, 2.75) is 44.9 Å². The van der Waals surface area contributed by atoms with Crippen molar-refractivity contribution in [3.8, 4) is 0 Å². The van der Waals surface area contributed by atoms with Crippen molar-refractivity contribution in [2.75, 3.05) is 16.0 Å². The van der Waals surface area contributed by atoms with Gasteiger partial charge in [-0.05, 0) is 67.6 Å². The summed E-state index contributed by atoms with van der Waals surface area (Å²) in [6, 6.07) is 14.2. The minimum atomic E-state index is -0.0722. The van der Waals surface area contributed by atoms with E-state index in [0.29, 0.717) is 5.75 Å². The van der Waals surface area contributed by atoms with Crippen LogP contribution in [0.15, 0.2) is 42.5 Å². The molecular weight excluding hydrogens is 368 g/mol. The number of hydrogen-bond acceptors (Lipinski definition) is 3. The van der Waals surface area contributed by atoms with E-state index in [4.69, 9.17) is 0 Å². The van der Waals surface area contributed by atoms with Crippen LogP contribution in [0.5, 0.6) is 0 Å². The van der Waals surface area contributed by atoms with Crippen molar-refractivity contribution in [1.82, 2.24) is 0 Å². The lowest BCUT2D eigenvalue weighted by molar-refractivity contribution is -0.119. The monoisotopic (exact) mass is 394 g/mol. The number of rotatable bonds is 4. The molecule has 4 nitrogen and oxygen atoms in total. The maximum atomic E-state index is 12.7. The largest absolute Gasteiger partial charge is 0.326 e. The molecule has 4 rings (SSSR count). The molecule has 1 saturated heterocycles. The lowest BCUT2D eigenvalue weighted by Gasteiger charge is -2.25. The molecule has 2 aromatic rings. The number of nitrogens with one attached hydrogen (secondary N) is 1. The van der Waals surface area contributed by atoms with Gasteiger partial charge in [0.2, 0.25) is 11.8 Å². The Morgan fingerprint density at radius 3 is 2.50 bits per heavy atom. The number of thioether (sulfide) groups is 1. The van der Waals surface area contributed by atoms with Crippen LogP contribution in [0.3, 0.4) is 0 Å². The van der Waals surface area contributed by atoms with E-state index in [9.17, 15) is 9.59 Å². The topological polar surface area (TPSA) is 49.4 Å². The molecule has 1 N–H and O–H groups in total. The summed E-state index contributed by atoms with van der Waals surface area (Å²) < 4.78 is 0. The van der Waals surface area contributed by atoms with Crippen molar-refractivity contribution in [3.05, 3.63) is 59.2 Å². The lowest BCUT2D eigenvalue weighted by atomic mass is 10.1. The first-order valence-electron chi connectivity index (χ1n) is 9.94. The average Bonchev–Trinajstić information content (AvgIpc) is 3.31. The van der Waals surface area contributed by atoms with E-state index in [1.807, 2.05) is 29.2 Å². The maximum absolute atomic E-state index is 12.7. The zero-order valence-electron chi connectivity index (χ0n) is 16.4. The minimum absolute atomic E-state index is 0.0722. The second-order valence-corrected chi connectivity index (χ2v) is 8.94. The van der Waals surface area contributed by atoms with Crippen LogP contribution in [0, 0.1) is 19.8 Å². The Balaban J connectivity index is 1.58. The zero-order chi connectivity index (χ0) is 19.7. The molecule has 0 radical (unpaired) electrons. The van der Waals surface area contributed by atoms with Crippen LogP contribution < -0.4 is 10.2 Å². The predicted octanol–water partition coefficient (Wildman–Crippen LogP) is 5.21. The normalized spacial score (nSPS) is 20.0. The van der Waals surface area contributed by atoms with E-state index in [1.54, 1.807) is 11.8 Å². The van der Waals surface area contributed by atoms with Gasteiger partial charge in [-0.15, -0.1) is 11.8 Å². The van der Waals surface area contributed by atoms with E-state index in [2.05, 4.69) is 37.4 Å². The van der Waals surface area contributed by atoms with Crippen LogP contribution in [0.1, 0.15) is 47.7 Å². The van der Waals surface area contributed by atoms with Gasteiger partial charge in [0.05, 0.1) is 5.75 Å². The third-order valence-corrected chi connectivity index (χ3v) is 6.73. The van der Waals surface area contributed by atoms with Crippen molar-refractivity contribution in [3.63, 3.8) is 0 Å². The van der Waals surface area contributed by atoms with E-state index >= 15 is 0 Å². The van der Waals surface area contributed by atoms with E-state index in [-0.39, 0.29) is 23.1 Å². The Bertz CT molecular complexity index is 885. The number of carbonyl (C=O) groups excluding carboxylic acids is 2. The second-order valence-electron chi connectivity index (χ2n) is 7.87. The molecule has 1 aliphatic heterocycles. The summed E-state index contributed by atoms with van der Waals surface area (Å²) in [7, 11) is 0. The summed E-state index contributed by atoms with van der Waals surface area (Å²) in [5.41, 5.74) is 5.10. The van der Waals surface area contributed by atoms with Crippen LogP contribution in [-0.2, 0) is 9.59 Å². The number of anilines is 2. The van der Waals surface area contributed by atoms with Gasteiger partial charge >= 0.3 is 0 Å². The third kappa shape index (κ3) is 3.95. The summed E-state index contributed by atoms with van der Waals surface area (Å²) in [5, 5.41) is 3.01. The van der Waals surface area contributed by atoms with Crippen LogP contribution in [0.4, 0.5) is 11.4 Å². The quantitative estimate of drug-likeness (QED) is 0.774. The molecule has 5 heteroatoms. The van der Waals surface area contributed by atoms with Gasteiger partial charge in [-0.2, -0.15) is 0 Å². The van der Waals surface area contributed by atoms with Crippen molar-refractivity contribution in [2.24, 2.45) is 5.92 Å². The Kier molecular flexibility index (Phi) is 5.44. The predicted molar refractivity (Wildman–Crippen MR) is 116 cm³/mol. The Labute approximate surface area is 170 Å². The zero-order valence-corrected chi connectivity index (χ0v) is 17.2. The second kappa shape index (κ2) is 8.00. The molecule has 28 heavy (non-hydrogen) atoms. The molecule has 146 valence electrons. The first-order chi connectivity index (χ1) is 13.5. The highest BCUT2D eigenvalue weighted by atomic mass is 32.2. The highest BCUT2D eigenvalue weighted by Crippen LogP contribution is 2.42. The standard InChI is InChI=1S/C23H26N2O2S/c1-15-10-16(2)12-20(11-15)25-21(26)14-28-23(25)18-8-5-9-19(13-18)24-22(27)17-6-3-4-7-17/h5,8-13,17,23H,3-4,6-7,14H2,1-2H3,(H,24,27)/t23-/m1/s1. The van der Waals surface area contributed by atoms with Gasteiger partial charge in [0, 0.05) is 17.3 Å². The van der Waals surface area contributed by atoms with Gasteiger partial charge in [0.25, 0.3) is 0 Å². The molecule has 2 aromatic carbocycles. The molecule has 1 saturated carbocycles. The van der Waals surface area contributed by atoms with Crippen LogP contribution in [-0.4, -0.2) is 17.6 Å². The van der Waals surface area contributed by atoms with Crippen LogP contribution in [0.25, 0.3) is 0 Å². The highest BCUT2D eigenvalue weighted by molar-refractivity contribution is 8.00. The van der Waals surface area contributed by atoms with Crippen molar-refractivity contribution in [1.29, 1.82) is 0 Å². The summed E-state index contributed by atoms with van der Waals surface area (Å²) >= 11 is 1.63. The molecule has 0 bridgehead atoms. The van der Waals surface area contributed by atoms with E-state index in [0.717, 1.165) is 53.7 Å². The number of aryl methyl sites for hydroxylation is 2. The fraction of sp³-hybridized carbons (Fsp3) is 0.391. The third-order valence-electron chi connectivity index (χ3n) is 5.52. The summed E-state index contributed by atoms with van der Waals surface area (Å²) in [4.78, 5) is 27.0. The molecular formula is C23H26N2O2S. The molecule has 1 atom stereocenters. The first kappa shape index (κ1) is 19.1. The van der Waals surface area contributed by atoms with E-state index < -0.39 is 0 Å². The molecule has 2 fully saturated rings. The molecule has 0 aromatic heterocycles. The van der Waals surface area contributed by atoms with Crippen LogP contribution in [0.2, 0.25) is 0 Å². The molecule has 0 spiro atoms. The molecule has 1 aliphatic carbocycles. The Morgan fingerprint density at radius 1 is 1.07 bits per heavy atom. The summed E-state index contributed by atoms with van der Waals surface area (Å²) in [6.45, 7) is 4.11. The number of nitrogens with zero attached hydrogens (tertiary/aromatic N) is 1. The Hall–Kier alpha value is -2.27. The van der Waals surface area contributed by atoms with Gasteiger partial charge in [0.1, 0.15) is 5.37 Å². The molecule has 2 aliphatic rings. The molecule has 1 heterocycles. The summed E-state index contributed by atoms with van der Waals surface area (Å²) in [5.74, 6) is 0.852. The van der Waals surface area contributed by atoms with Gasteiger partial charge < -0.3 is 5.32 Å². The summed E-state index contributed by atoms with van der Waals surface area (Å²) in [6.07, 6.45) is 4.26. The lowest BCUT2D eigenvalue weighted by Crippen LogP contribution is -2.28. The van der Waals surface area contributed by atoms with Gasteiger partial charge in [-0.25, -0.2) is 0 Å². The average molecular weight is 395 g/mol. The molecule has 2 amide bonds. The van der Waals surface area contributed by atoms with Gasteiger partial charge in [-0.3, -0.25) is 14.5 Å². The minimum Gasteiger partial charge on any atom is -0.326 e. The number of benzene rings is 2. The Morgan fingerprint density at radius 2 is 1.79 bits per heavy atom. The fourth-order valence-electron chi connectivity index (χ4n) is 4.24. The van der Waals surface area contributed by atoms with Gasteiger partial charge in [0.15, 0.2) is 0 Å². The highest BCUT2D eigenvalue weighted by Gasteiger charge is 2.34. The SMILES string of the molecule is Cc1cc(C)cc(N2C(=O)CS[C@@H]2c2cccc(NC(=O)C3CCCC3)c2)c1. The van der Waals surface area contributed by atoms with Crippen molar-refractivity contribution >= 4 is 35.0 Å². The number of amides is 2. The first-order valence-corrected chi connectivity index (χ1v) is 11.0. The molecule has 0 unspecified atom stereocenters. The maximum Gasteiger partial charge on any atom is 0.238 e. The fourth-order valence-corrected chi connectivity index (χ4v) is 5.41. The van der Waals surface area contributed by atoms with Gasteiger partial charge in [-0.1, -0.05) is 31.0 Å².